The minimum absolute atomic E-state index is 0.0413. The second kappa shape index (κ2) is 5.58. The second-order valence-electron chi connectivity index (χ2n) is 3.95. The van der Waals surface area contributed by atoms with Crippen LogP contribution in [0.5, 0.6) is 0 Å². The molecular weight excluding hydrogens is 208 g/mol. The number of nitrogens with zero attached hydrogens (tertiary/aromatic N) is 1. The van der Waals surface area contributed by atoms with Crippen molar-refractivity contribution in [1.29, 1.82) is 0 Å². The Balaban J connectivity index is 2.56. The van der Waals surface area contributed by atoms with Gasteiger partial charge in [-0.05, 0) is 27.8 Å². The molecule has 0 bridgehead atoms. The second-order valence-corrected chi connectivity index (χ2v) is 4.89. The van der Waals surface area contributed by atoms with Gasteiger partial charge in [-0.1, -0.05) is 0 Å². The quantitative estimate of drug-likeness (QED) is 0.758. The van der Waals surface area contributed by atoms with Gasteiger partial charge in [-0.3, -0.25) is 0 Å². The van der Waals surface area contributed by atoms with Gasteiger partial charge in [0.05, 0.1) is 22.8 Å². The molecule has 0 aromatic carbocycles. The molecule has 0 aliphatic carbocycles. The Hall–Kier alpha value is -0.450. The van der Waals surface area contributed by atoms with Gasteiger partial charge >= 0.3 is 0 Å². The van der Waals surface area contributed by atoms with Crippen LogP contribution in [0.1, 0.15) is 31.5 Å². The molecule has 4 heteroatoms. The molecule has 0 atom stereocenters. The van der Waals surface area contributed by atoms with Crippen LogP contribution in [0.4, 0.5) is 0 Å². The van der Waals surface area contributed by atoms with Crippen molar-refractivity contribution >= 4 is 11.3 Å². The summed E-state index contributed by atoms with van der Waals surface area (Å²) in [7, 11) is 1.96. The van der Waals surface area contributed by atoms with Gasteiger partial charge in [0.25, 0.3) is 0 Å². The lowest BCUT2D eigenvalue weighted by atomic mass is 10.0. The summed E-state index contributed by atoms with van der Waals surface area (Å²) < 4.78 is 5.31. The summed E-state index contributed by atoms with van der Waals surface area (Å²) in [6.07, 6.45) is 0.915. The Labute approximate surface area is 95.9 Å². The SMILES string of the molecule is CCOCCc1nc(C(C)(C)NC)cs1. The molecule has 0 aliphatic heterocycles. The molecule has 1 aromatic heterocycles. The van der Waals surface area contributed by atoms with Crippen LogP contribution in [0.15, 0.2) is 5.38 Å². The number of aromatic nitrogens is 1. The maximum Gasteiger partial charge on any atom is 0.0952 e. The number of thiazole rings is 1. The van der Waals surface area contributed by atoms with Crippen LogP contribution < -0.4 is 5.32 Å². The van der Waals surface area contributed by atoms with E-state index in [2.05, 4.69) is 29.5 Å². The van der Waals surface area contributed by atoms with Crippen LogP contribution in [0, 0.1) is 0 Å². The fourth-order valence-corrected chi connectivity index (χ4v) is 2.09. The summed E-state index contributed by atoms with van der Waals surface area (Å²) >= 11 is 1.71. The molecule has 0 saturated carbocycles. The van der Waals surface area contributed by atoms with Crippen molar-refractivity contribution in [2.24, 2.45) is 0 Å². The number of nitrogens with one attached hydrogen (secondary N) is 1. The van der Waals surface area contributed by atoms with Gasteiger partial charge < -0.3 is 10.1 Å². The largest absolute Gasteiger partial charge is 0.381 e. The number of hydrogen-bond donors (Lipinski definition) is 1. The molecule has 3 nitrogen and oxygen atoms in total. The van der Waals surface area contributed by atoms with Crippen molar-refractivity contribution in [3.8, 4) is 0 Å². The molecule has 1 aromatic rings. The first kappa shape index (κ1) is 12.6. The molecule has 1 rings (SSSR count). The molecule has 1 heterocycles. The predicted molar refractivity (Wildman–Crippen MR) is 64.4 cm³/mol. The van der Waals surface area contributed by atoms with Crippen molar-refractivity contribution in [2.75, 3.05) is 20.3 Å². The van der Waals surface area contributed by atoms with E-state index in [1.807, 2.05) is 14.0 Å². The molecule has 0 aliphatic rings. The van der Waals surface area contributed by atoms with Crippen molar-refractivity contribution < 1.29 is 4.74 Å². The summed E-state index contributed by atoms with van der Waals surface area (Å²) in [5.41, 5.74) is 1.07. The first-order valence-electron chi connectivity index (χ1n) is 5.31. The summed E-state index contributed by atoms with van der Waals surface area (Å²) in [4.78, 5) is 4.60. The minimum Gasteiger partial charge on any atom is -0.381 e. The third-order valence-electron chi connectivity index (χ3n) is 2.48. The minimum atomic E-state index is -0.0413. The van der Waals surface area contributed by atoms with E-state index in [9.17, 15) is 0 Å². The van der Waals surface area contributed by atoms with E-state index in [1.54, 1.807) is 11.3 Å². The average Bonchev–Trinajstić information content (AvgIpc) is 2.68. The molecule has 15 heavy (non-hydrogen) atoms. The summed E-state index contributed by atoms with van der Waals surface area (Å²) in [6.45, 7) is 7.82. The molecule has 1 N–H and O–H groups in total. The van der Waals surface area contributed by atoms with Crippen LogP contribution in [0.3, 0.4) is 0 Å². The number of rotatable bonds is 6. The predicted octanol–water partition coefficient (Wildman–Crippen LogP) is 2.18. The smallest absolute Gasteiger partial charge is 0.0952 e. The molecule has 0 amide bonds. The van der Waals surface area contributed by atoms with Crippen LogP contribution in [0.2, 0.25) is 0 Å². The van der Waals surface area contributed by atoms with Crippen molar-refractivity contribution in [3.63, 3.8) is 0 Å². The van der Waals surface area contributed by atoms with Gasteiger partial charge in [0.2, 0.25) is 0 Å². The molecular formula is C11H20N2OS. The lowest BCUT2D eigenvalue weighted by Crippen LogP contribution is -2.33. The van der Waals surface area contributed by atoms with E-state index in [0.29, 0.717) is 0 Å². The standard InChI is InChI=1S/C11H20N2OS/c1-5-14-7-6-10-13-9(8-15-10)11(2,3)12-4/h8,12H,5-7H2,1-4H3. The monoisotopic (exact) mass is 228 g/mol. The third-order valence-corrected chi connectivity index (χ3v) is 3.39. The van der Waals surface area contributed by atoms with Gasteiger partial charge in [-0.15, -0.1) is 11.3 Å². The summed E-state index contributed by atoms with van der Waals surface area (Å²) in [6, 6.07) is 0. The van der Waals surface area contributed by atoms with Crippen LogP contribution in [-0.2, 0) is 16.7 Å². The van der Waals surface area contributed by atoms with E-state index < -0.39 is 0 Å². The Morgan fingerprint density at radius 3 is 2.87 bits per heavy atom. The van der Waals surface area contributed by atoms with E-state index in [0.717, 1.165) is 30.3 Å². The molecule has 0 radical (unpaired) electrons. The zero-order valence-electron chi connectivity index (χ0n) is 9.96. The zero-order chi connectivity index (χ0) is 11.3. The van der Waals surface area contributed by atoms with Gasteiger partial charge in [-0.2, -0.15) is 0 Å². The van der Waals surface area contributed by atoms with E-state index in [4.69, 9.17) is 4.74 Å². The highest BCUT2D eigenvalue weighted by atomic mass is 32.1. The molecule has 0 fully saturated rings. The first-order valence-corrected chi connectivity index (χ1v) is 6.19. The lowest BCUT2D eigenvalue weighted by Gasteiger charge is -2.21. The average molecular weight is 228 g/mol. The maximum absolute atomic E-state index is 5.31. The van der Waals surface area contributed by atoms with E-state index >= 15 is 0 Å². The Bertz CT molecular complexity index is 297. The van der Waals surface area contributed by atoms with Gasteiger partial charge in [0.15, 0.2) is 0 Å². The normalized spacial score (nSPS) is 12.0. The fraction of sp³-hybridized carbons (Fsp3) is 0.727. The molecule has 0 saturated heterocycles. The number of ether oxygens (including phenoxy) is 1. The first-order chi connectivity index (χ1) is 7.10. The van der Waals surface area contributed by atoms with Crippen molar-refractivity contribution in [3.05, 3.63) is 16.1 Å². The summed E-state index contributed by atoms with van der Waals surface area (Å²) in [5, 5.41) is 6.53. The van der Waals surface area contributed by atoms with Gasteiger partial charge in [-0.25, -0.2) is 4.98 Å². The van der Waals surface area contributed by atoms with Crippen LogP contribution in [0.25, 0.3) is 0 Å². The maximum atomic E-state index is 5.31. The molecule has 0 spiro atoms. The Morgan fingerprint density at radius 2 is 2.27 bits per heavy atom. The van der Waals surface area contributed by atoms with Gasteiger partial charge in [0, 0.05) is 18.4 Å². The molecule has 0 unspecified atom stereocenters. The van der Waals surface area contributed by atoms with E-state index in [1.165, 1.54) is 0 Å². The third kappa shape index (κ3) is 3.55. The van der Waals surface area contributed by atoms with Crippen molar-refractivity contribution in [2.45, 2.75) is 32.7 Å². The number of hydrogen-bond acceptors (Lipinski definition) is 4. The fourth-order valence-electron chi connectivity index (χ4n) is 1.14. The highest BCUT2D eigenvalue weighted by Crippen LogP contribution is 2.21. The van der Waals surface area contributed by atoms with Gasteiger partial charge in [0.1, 0.15) is 0 Å². The summed E-state index contributed by atoms with van der Waals surface area (Å²) in [5.74, 6) is 0. The Kier molecular flexibility index (Phi) is 4.70. The highest BCUT2D eigenvalue weighted by molar-refractivity contribution is 7.09. The van der Waals surface area contributed by atoms with Crippen LogP contribution >= 0.6 is 11.3 Å². The van der Waals surface area contributed by atoms with Crippen LogP contribution in [-0.4, -0.2) is 25.2 Å². The Morgan fingerprint density at radius 1 is 1.53 bits per heavy atom. The topological polar surface area (TPSA) is 34.1 Å². The molecule has 86 valence electrons. The lowest BCUT2D eigenvalue weighted by molar-refractivity contribution is 0.151. The zero-order valence-corrected chi connectivity index (χ0v) is 10.8. The highest BCUT2D eigenvalue weighted by Gasteiger charge is 2.20. The van der Waals surface area contributed by atoms with E-state index in [-0.39, 0.29) is 5.54 Å². The van der Waals surface area contributed by atoms with Crippen molar-refractivity contribution in [1.82, 2.24) is 10.3 Å².